The Kier molecular flexibility index (Phi) is 4.67. The number of rotatable bonds is 3. The van der Waals surface area contributed by atoms with Gasteiger partial charge in [0.05, 0.1) is 16.5 Å². The zero-order chi connectivity index (χ0) is 15.6. The van der Waals surface area contributed by atoms with Gasteiger partial charge in [-0.05, 0) is 38.5 Å². The summed E-state index contributed by atoms with van der Waals surface area (Å²) in [6, 6.07) is 7.24. The van der Waals surface area contributed by atoms with E-state index in [4.69, 9.17) is 5.26 Å². The third kappa shape index (κ3) is 3.26. The van der Waals surface area contributed by atoms with Crippen molar-refractivity contribution in [3.05, 3.63) is 29.3 Å². The van der Waals surface area contributed by atoms with Gasteiger partial charge in [0.25, 0.3) is 0 Å². The number of aryl methyl sites for hydroxylation is 1. The summed E-state index contributed by atoms with van der Waals surface area (Å²) in [7, 11) is -3.52. The molecular weight excluding hydrogens is 286 g/mol. The Morgan fingerprint density at radius 1 is 1.19 bits per heavy atom. The van der Waals surface area contributed by atoms with Gasteiger partial charge in [0.2, 0.25) is 10.0 Å². The van der Waals surface area contributed by atoms with Gasteiger partial charge in [0.1, 0.15) is 0 Å². The van der Waals surface area contributed by atoms with Crippen LogP contribution < -0.4 is 0 Å². The minimum absolute atomic E-state index is 0.250. The zero-order valence-corrected chi connectivity index (χ0v) is 13.5. The third-order valence-corrected chi connectivity index (χ3v) is 5.98. The molecule has 0 bridgehead atoms. The van der Waals surface area contributed by atoms with E-state index in [-0.39, 0.29) is 4.90 Å². The highest BCUT2D eigenvalue weighted by Crippen LogP contribution is 2.22. The molecule has 0 saturated carbocycles. The monoisotopic (exact) mass is 307 g/mol. The fourth-order valence-corrected chi connectivity index (χ4v) is 4.22. The van der Waals surface area contributed by atoms with Crippen molar-refractivity contribution in [3.63, 3.8) is 0 Å². The zero-order valence-electron chi connectivity index (χ0n) is 12.7. The Bertz CT molecular complexity index is 654. The summed E-state index contributed by atoms with van der Waals surface area (Å²) in [5.41, 5.74) is 1.06. The average Bonchev–Trinajstić information content (AvgIpc) is 2.47. The molecule has 0 aromatic heterocycles. The standard InChI is InChI=1S/C15H21N3O2S/c1-12(2)17-6-8-18(9-7-17)21(19,20)15-10-14(11-16)5-4-13(15)3/h4-5,10,12H,6-9H2,1-3H3. The van der Waals surface area contributed by atoms with Crippen LogP contribution in [-0.4, -0.2) is 49.8 Å². The van der Waals surface area contributed by atoms with Crippen LogP contribution in [0.25, 0.3) is 0 Å². The van der Waals surface area contributed by atoms with Crippen LogP contribution in [0.4, 0.5) is 0 Å². The predicted octanol–water partition coefficient (Wildman–Crippen LogP) is 1.58. The summed E-state index contributed by atoms with van der Waals surface area (Å²) < 4.78 is 27.0. The highest BCUT2D eigenvalue weighted by atomic mass is 32.2. The minimum atomic E-state index is -3.52. The molecule has 1 aromatic carbocycles. The minimum Gasteiger partial charge on any atom is -0.298 e. The number of nitriles is 1. The lowest BCUT2D eigenvalue weighted by Crippen LogP contribution is -2.50. The normalized spacial score (nSPS) is 17.9. The summed E-state index contributed by atoms with van der Waals surface area (Å²) in [4.78, 5) is 2.52. The highest BCUT2D eigenvalue weighted by molar-refractivity contribution is 7.89. The van der Waals surface area contributed by atoms with Gasteiger partial charge in [0.15, 0.2) is 0 Å². The van der Waals surface area contributed by atoms with E-state index in [0.29, 0.717) is 30.3 Å². The Balaban J connectivity index is 2.26. The molecule has 0 N–H and O–H groups in total. The molecule has 0 spiro atoms. The maximum atomic E-state index is 12.8. The summed E-state index contributed by atoms with van der Waals surface area (Å²) in [6.07, 6.45) is 0. The second-order valence-electron chi connectivity index (χ2n) is 5.63. The van der Waals surface area contributed by atoms with E-state index in [2.05, 4.69) is 18.7 Å². The van der Waals surface area contributed by atoms with Crippen LogP contribution in [0.1, 0.15) is 25.0 Å². The molecule has 2 rings (SSSR count). The van der Waals surface area contributed by atoms with E-state index in [1.165, 1.54) is 10.4 Å². The first kappa shape index (κ1) is 16.0. The van der Waals surface area contributed by atoms with E-state index in [1.54, 1.807) is 19.1 Å². The molecule has 1 fully saturated rings. The van der Waals surface area contributed by atoms with Crippen LogP contribution in [0.2, 0.25) is 0 Å². The van der Waals surface area contributed by atoms with Crippen molar-refractivity contribution < 1.29 is 8.42 Å². The Labute approximate surface area is 126 Å². The molecule has 1 heterocycles. The van der Waals surface area contributed by atoms with E-state index in [9.17, 15) is 8.42 Å². The lowest BCUT2D eigenvalue weighted by Gasteiger charge is -2.36. The van der Waals surface area contributed by atoms with E-state index >= 15 is 0 Å². The molecule has 0 aliphatic carbocycles. The van der Waals surface area contributed by atoms with Crippen molar-refractivity contribution in [2.75, 3.05) is 26.2 Å². The summed E-state index contributed by atoms with van der Waals surface area (Å²) in [6.45, 7) is 8.48. The van der Waals surface area contributed by atoms with Crippen molar-refractivity contribution in [3.8, 4) is 6.07 Å². The molecular formula is C15H21N3O2S. The fourth-order valence-electron chi connectivity index (χ4n) is 2.55. The van der Waals surface area contributed by atoms with Crippen LogP contribution in [0.15, 0.2) is 23.1 Å². The fraction of sp³-hybridized carbons (Fsp3) is 0.533. The third-order valence-electron chi connectivity index (χ3n) is 3.94. The Morgan fingerprint density at radius 2 is 1.81 bits per heavy atom. The van der Waals surface area contributed by atoms with Crippen molar-refractivity contribution >= 4 is 10.0 Å². The molecule has 1 aliphatic rings. The highest BCUT2D eigenvalue weighted by Gasteiger charge is 2.30. The van der Waals surface area contributed by atoms with Crippen molar-refractivity contribution in [2.24, 2.45) is 0 Å². The lowest BCUT2D eigenvalue weighted by molar-refractivity contribution is 0.154. The van der Waals surface area contributed by atoms with Crippen LogP contribution in [-0.2, 0) is 10.0 Å². The topological polar surface area (TPSA) is 64.4 Å². The molecule has 1 saturated heterocycles. The molecule has 114 valence electrons. The van der Waals surface area contributed by atoms with Gasteiger partial charge in [0, 0.05) is 32.2 Å². The molecule has 21 heavy (non-hydrogen) atoms. The number of benzene rings is 1. The van der Waals surface area contributed by atoms with E-state index < -0.39 is 10.0 Å². The first-order valence-corrected chi connectivity index (χ1v) is 8.55. The largest absolute Gasteiger partial charge is 0.298 e. The number of piperazine rings is 1. The predicted molar refractivity (Wildman–Crippen MR) is 81.4 cm³/mol. The number of nitrogens with zero attached hydrogens (tertiary/aromatic N) is 3. The van der Waals surface area contributed by atoms with Gasteiger partial charge in [-0.1, -0.05) is 6.07 Å². The van der Waals surface area contributed by atoms with Gasteiger partial charge in [-0.3, -0.25) is 4.90 Å². The lowest BCUT2D eigenvalue weighted by atomic mass is 10.2. The molecule has 0 amide bonds. The molecule has 6 heteroatoms. The van der Waals surface area contributed by atoms with Gasteiger partial charge in [-0.15, -0.1) is 0 Å². The first-order chi connectivity index (χ1) is 9.86. The maximum Gasteiger partial charge on any atom is 0.243 e. The number of sulfonamides is 1. The van der Waals surface area contributed by atoms with Gasteiger partial charge in [-0.2, -0.15) is 9.57 Å². The van der Waals surface area contributed by atoms with Crippen molar-refractivity contribution in [1.82, 2.24) is 9.21 Å². The summed E-state index contributed by atoms with van der Waals surface area (Å²) >= 11 is 0. The smallest absolute Gasteiger partial charge is 0.243 e. The molecule has 1 aromatic rings. The number of hydrogen-bond donors (Lipinski definition) is 0. The second kappa shape index (κ2) is 6.14. The maximum absolute atomic E-state index is 12.8. The molecule has 0 atom stereocenters. The van der Waals surface area contributed by atoms with Crippen LogP contribution in [0.3, 0.4) is 0 Å². The van der Waals surface area contributed by atoms with E-state index in [0.717, 1.165) is 13.1 Å². The molecule has 0 radical (unpaired) electrons. The Hall–Kier alpha value is -1.42. The number of hydrogen-bond acceptors (Lipinski definition) is 4. The molecule has 0 unspecified atom stereocenters. The van der Waals surface area contributed by atoms with Gasteiger partial charge in [-0.25, -0.2) is 8.42 Å². The molecule has 5 nitrogen and oxygen atoms in total. The van der Waals surface area contributed by atoms with Crippen LogP contribution in [0.5, 0.6) is 0 Å². The summed E-state index contributed by atoms with van der Waals surface area (Å²) in [5, 5.41) is 8.96. The second-order valence-corrected chi connectivity index (χ2v) is 7.53. The van der Waals surface area contributed by atoms with E-state index in [1.807, 2.05) is 6.07 Å². The Morgan fingerprint density at radius 3 is 2.33 bits per heavy atom. The van der Waals surface area contributed by atoms with Gasteiger partial charge >= 0.3 is 0 Å². The SMILES string of the molecule is Cc1ccc(C#N)cc1S(=O)(=O)N1CCN(C(C)C)CC1. The van der Waals surface area contributed by atoms with Crippen LogP contribution in [0, 0.1) is 18.3 Å². The van der Waals surface area contributed by atoms with Crippen molar-refractivity contribution in [1.29, 1.82) is 5.26 Å². The van der Waals surface area contributed by atoms with Gasteiger partial charge < -0.3 is 0 Å². The quantitative estimate of drug-likeness (QED) is 0.850. The first-order valence-electron chi connectivity index (χ1n) is 7.11. The van der Waals surface area contributed by atoms with Crippen LogP contribution >= 0.6 is 0 Å². The summed E-state index contributed by atoms with van der Waals surface area (Å²) in [5.74, 6) is 0. The molecule has 1 aliphatic heterocycles. The average molecular weight is 307 g/mol. The van der Waals surface area contributed by atoms with Crippen molar-refractivity contribution in [2.45, 2.75) is 31.7 Å².